The van der Waals surface area contributed by atoms with Crippen LogP contribution < -0.4 is 10.6 Å². The summed E-state index contributed by atoms with van der Waals surface area (Å²) in [5.41, 5.74) is 7.71. The van der Waals surface area contributed by atoms with Crippen molar-refractivity contribution in [2.24, 2.45) is 0 Å². The molecule has 4 N–H and O–H groups in total. The van der Waals surface area contributed by atoms with Crippen molar-refractivity contribution in [2.45, 2.75) is 63.7 Å². The summed E-state index contributed by atoms with van der Waals surface area (Å²) in [5.74, 6) is 0. The van der Waals surface area contributed by atoms with Crippen LogP contribution in [0, 0.1) is 0 Å². The van der Waals surface area contributed by atoms with E-state index in [-0.39, 0.29) is 30.9 Å². The van der Waals surface area contributed by atoms with Crippen LogP contribution in [-0.2, 0) is 29.2 Å². The fourth-order valence-corrected chi connectivity index (χ4v) is 6.44. The minimum atomic E-state index is -0.639. The van der Waals surface area contributed by atoms with Crippen molar-refractivity contribution in [3.63, 3.8) is 0 Å². The lowest BCUT2D eigenvalue weighted by atomic mass is 9.97. The molecule has 0 unspecified atom stereocenters. The molecule has 1 heterocycles. The lowest BCUT2D eigenvalue weighted by Gasteiger charge is -2.39. The van der Waals surface area contributed by atoms with Crippen molar-refractivity contribution in [3.05, 3.63) is 167 Å². The van der Waals surface area contributed by atoms with E-state index in [0.29, 0.717) is 26.1 Å². The minimum absolute atomic E-state index is 0.0158. The fourth-order valence-electron chi connectivity index (χ4n) is 6.44. The Balaban J connectivity index is 1.16. The molecule has 8 nitrogen and oxygen atoms in total. The van der Waals surface area contributed by atoms with Gasteiger partial charge in [-0.25, -0.2) is 4.79 Å². The summed E-state index contributed by atoms with van der Waals surface area (Å²) in [6.07, 6.45) is -1.02. The molecular weight excluding hydrogens is 638 g/mol. The number of nitrogens with zero attached hydrogens (tertiary/aromatic N) is 1. The van der Waals surface area contributed by atoms with Gasteiger partial charge in [-0.3, -0.25) is 4.90 Å². The summed E-state index contributed by atoms with van der Waals surface area (Å²) in [5, 5.41) is 26.6. The minimum Gasteiger partial charge on any atom is -0.392 e. The molecular formula is C43H47N3O5. The van der Waals surface area contributed by atoms with E-state index in [4.69, 9.17) is 9.47 Å². The summed E-state index contributed by atoms with van der Waals surface area (Å²) in [7, 11) is 2.02. The van der Waals surface area contributed by atoms with Gasteiger partial charge in [0.05, 0.1) is 24.9 Å². The maximum atomic E-state index is 12.5. The van der Waals surface area contributed by atoms with Crippen molar-refractivity contribution in [1.29, 1.82) is 0 Å². The number of hydrogen-bond acceptors (Lipinski definition) is 6. The SMILES string of the molecule is C[C@H]([C@@H](O)c1ccccc1)N(C)C[C@H]1C[C@@H](c2ccc(CO)cc2)O[C@@H](c2cccc(-c3cccc(CNC(=O)NCc4ccccc4)c3)c2)O1. The molecule has 1 aliphatic heterocycles. The predicted octanol–water partition coefficient (Wildman–Crippen LogP) is 7.44. The van der Waals surface area contributed by atoms with E-state index in [1.165, 1.54) is 0 Å². The summed E-state index contributed by atoms with van der Waals surface area (Å²) < 4.78 is 13.3. The Kier molecular flexibility index (Phi) is 12.3. The first-order valence-electron chi connectivity index (χ1n) is 17.5. The Labute approximate surface area is 300 Å². The quantitative estimate of drug-likeness (QED) is 0.103. The first-order valence-corrected chi connectivity index (χ1v) is 17.5. The molecule has 5 aromatic carbocycles. The van der Waals surface area contributed by atoms with Gasteiger partial charge in [0.15, 0.2) is 6.29 Å². The van der Waals surface area contributed by atoms with Crippen LogP contribution in [0.25, 0.3) is 11.1 Å². The zero-order valence-corrected chi connectivity index (χ0v) is 29.2. The Bertz CT molecular complexity index is 1840. The molecule has 51 heavy (non-hydrogen) atoms. The average molecular weight is 686 g/mol. The van der Waals surface area contributed by atoms with Crippen molar-refractivity contribution >= 4 is 6.03 Å². The number of amides is 2. The number of urea groups is 1. The monoisotopic (exact) mass is 685 g/mol. The van der Waals surface area contributed by atoms with E-state index in [1.54, 1.807) is 0 Å². The number of ether oxygens (including phenoxy) is 2. The molecule has 1 fully saturated rings. The van der Waals surface area contributed by atoms with Crippen LogP contribution in [-0.4, -0.2) is 46.9 Å². The van der Waals surface area contributed by atoms with E-state index in [9.17, 15) is 15.0 Å². The van der Waals surface area contributed by atoms with Crippen LogP contribution >= 0.6 is 0 Å². The van der Waals surface area contributed by atoms with E-state index >= 15 is 0 Å². The molecule has 8 heteroatoms. The number of hydrogen-bond donors (Lipinski definition) is 4. The summed E-state index contributed by atoms with van der Waals surface area (Å²) >= 11 is 0. The second-order valence-electron chi connectivity index (χ2n) is 13.2. The van der Waals surface area contributed by atoms with Gasteiger partial charge in [0, 0.05) is 37.7 Å². The molecule has 0 saturated carbocycles. The van der Waals surface area contributed by atoms with Gasteiger partial charge in [-0.1, -0.05) is 121 Å². The Morgan fingerprint density at radius 1 is 0.745 bits per heavy atom. The molecule has 1 saturated heterocycles. The van der Waals surface area contributed by atoms with Gasteiger partial charge in [-0.2, -0.15) is 0 Å². The number of nitrogens with one attached hydrogen (secondary N) is 2. The Morgan fingerprint density at radius 2 is 1.37 bits per heavy atom. The van der Waals surface area contributed by atoms with Crippen molar-refractivity contribution in [3.8, 4) is 11.1 Å². The number of benzene rings is 5. The first kappa shape index (κ1) is 36.0. The molecule has 0 aliphatic carbocycles. The highest BCUT2D eigenvalue weighted by Gasteiger charge is 2.34. The average Bonchev–Trinajstić information content (AvgIpc) is 3.19. The smallest absolute Gasteiger partial charge is 0.315 e. The number of likely N-dealkylation sites (N-methyl/N-ethyl adjacent to an activating group) is 1. The second-order valence-corrected chi connectivity index (χ2v) is 13.2. The van der Waals surface area contributed by atoms with Crippen LogP contribution in [0.3, 0.4) is 0 Å². The normalized spacial score (nSPS) is 18.6. The van der Waals surface area contributed by atoms with Gasteiger partial charge in [0.1, 0.15) is 0 Å². The third-order valence-electron chi connectivity index (χ3n) is 9.57. The molecule has 0 spiro atoms. The summed E-state index contributed by atoms with van der Waals surface area (Å²) in [6.45, 7) is 3.48. The number of carbonyl (C=O) groups excluding carboxylic acids is 1. The molecule has 5 aromatic rings. The molecule has 264 valence electrons. The van der Waals surface area contributed by atoms with Gasteiger partial charge in [0.25, 0.3) is 0 Å². The maximum absolute atomic E-state index is 12.5. The van der Waals surface area contributed by atoms with Gasteiger partial charge in [0.2, 0.25) is 0 Å². The number of carbonyl (C=O) groups is 1. The molecule has 0 bridgehead atoms. The lowest BCUT2D eigenvalue weighted by Crippen LogP contribution is -2.43. The zero-order valence-electron chi connectivity index (χ0n) is 29.2. The zero-order chi connectivity index (χ0) is 35.6. The van der Waals surface area contributed by atoms with Crippen molar-refractivity contribution in [1.82, 2.24) is 15.5 Å². The third-order valence-corrected chi connectivity index (χ3v) is 9.57. The van der Waals surface area contributed by atoms with Crippen LogP contribution in [0.2, 0.25) is 0 Å². The van der Waals surface area contributed by atoms with Crippen LogP contribution in [0.4, 0.5) is 4.79 Å². The number of rotatable bonds is 13. The van der Waals surface area contributed by atoms with Crippen LogP contribution in [0.15, 0.2) is 133 Å². The van der Waals surface area contributed by atoms with Gasteiger partial charge < -0.3 is 30.3 Å². The fraction of sp³-hybridized carbons (Fsp3) is 0.279. The van der Waals surface area contributed by atoms with Crippen molar-refractivity contribution in [2.75, 3.05) is 13.6 Å². The van der Waals surface area contributed by atoms with E-state index < -0.39 is 12.4 Å². The predicted molar refractivity (Wildman–Crippen MR) is 199 cm³/mol. The van der Waals surface area contributed by atoms with Gasteiger partial charge >= 0.3 is 6.03 Å². The van der Waals surface area contributed by atoms with Gasteiger partial charge in [-0.15, -0.1) is 0 Å². The molecule has 2 amide bonds. The lowest BCUT2D eigenvalue weighted by molar-refractivity contribution is -0.253. The highest BCUT2D eigenvalue weighted by atomic mass is 16.7. The molecule has 0 aromatic heterocycles. The van der Waals surface area contributed by atoms with E-state index in [1.807, 2.05) is 123 Å². The number of aliphatic hydroxyl groups is 2. The Hall–Kier alpha value is -4.83. The maximum Gasteiger partial charge on any atom is 0.315 e. The van der Waals surface area contributed by atoms with E-state index in [0.717, 1.165) is 44.5 Å². The highest BCUT2D eigenvalue weighted by molar-refractivity contribution is 5.74. The van der Waals surface area contributed by atoms with Crippen LogP contribution in [0.1, 0.15) is 65.2 Å². The largest absolute Gasteiger partial charge is 0.392 e. The Morgan fingerprint density at radius 3 is 2.08 bits per heavy atom. The third kappa shape index (κ3) is 9.70. The standard InChI is InChI=1S/C43H47N3O5/c1-30(41(48)35-14-7-4-8-15-35)46(2)28-39-25-40(34-21-19-32(29-47)20-22-34)51-42(50-39)38-18-10-17-37(24-38)36-16-9-13-33(23-36)27-45-43(49)44-26-31-11-5-3-6-12-31/h3-24,30,39-42,47-48H,25-29H2,1-2H3,(H2,44,45,49)/t30-,39-,40+,41-,42+/m1/s1. The van der Waals surface area contributed by atoms with Gasteiger partial charge in [-0.05, 0) is 65.0 Å². The van der Waals surface area contributed by atoms with Crippen LogP contribution in [0.5, 0.6) is 0 Å². The molecule has 0 radical (unpaired) electrons. The molecule has 1 aliphatic rings. The number of aliphatic hydroxyl groups excluding tert-OH is 2. The van der Waals surface area contributed by atoms with Crippen molar-refractivity contribution < 1.29 is 24.5 Å². The second kappa shape index (κ2) is 17.4. The first-order chi connectivity index (χ1) is 24.9. The summed E-state index contributed by atoms with van der Waals surface area (Å²) in [6, 6.07) is 43.4. The topological polar surface area (TPSA) is 103 Å². The highest BCUT2D eigenvalue weighted by Crippen LogP contribution is 2.39. The molecule has 5 atom stereocenters. The summed E-state index contributed by atoms with van der Waals surface area (Å²) in [4.78, 5) is 14.6. The van der Waals surface area contributed by atoms with E-state index in [2.05, 4.69) is 39.8 Å². The molecule has 6 rings (SSSR count).